The van der Waals surface area contributed by atoms with Crippen LogP contribution in [0.1, 0.15) is 25.0 Å². The molecule has 4 nitrogen and oxygen atoms in total. The highest BCUT2D eigenvalue weighted by Gasteiger charge is 2.40. The lowest BCUT2D eigenvalue weighted by Gasteiger charge is -2.24. The lowest BCUT2D eigenvalue weighted by Crippen LogP contribution is -2.17. The molecule has 0 fully saturated rings. The van der Waals surface area contributed by atoms with Gasteiger partial charge in [-0.25, -0.2) is 15.0 Å². The van der Waals surface area contributed by atoms with Crippen LogP contribution >= 0.6 is 11.3 Å². The first-order valence-corrected chi connectivity index (χ1v) is 17.4. The Kier molecular flexibility index (Phi) is 6.05. The molecule has 0 aliphatic heterocycles. The van der Waals surface area contributed by atoms with Crippen LogP contribution in [-0.2, 0) is 5.41 Å². The summed E-state index contributed by atoms with van der Waals surface area (Å²) in [6, 6.07) is 51.7. The highest BCUT2D eigenvalue weighted by atomic mass is 32.1. The van der Waals surface area contributed by atoms with Crippen molar-refractivity contribution in [1.29, 1.82) is 0 Å². The molecule has 0 unspecified atom stereocenters. The minimum Gasteiger partial charge on any atom is -0.309 e. The summed E-state index contributed by atoms with van der Waals surface area (Å²) in [6.45, 7) is 4.59. The largest absolute Gasteiger partial charge is 0.309 e. The Morgan fingerprint density at radius 3 is 1.98 bits per heavy atom. The first-order valence-electron chi connectivity index (χ1n) is 16.6. The summed E-state index contributed by atoms with van der Waals surface area (Å²) in [5.41, 5.74) is 13.0. The van der Waals surface area contributed by atoms with Gasteiger partial charge in [0.15, 0.2) is 5.82 Å². The van der Waals surface area contributed by atoms with E-state index >= 15 is 0 Å². The summed E-state index contributed by atoms with van der Waals surface area (Å²) in [7, 11) is 0. The average molecular weight is 647 g/mol. The molecule has 0 spiro atoms. The number of nitrogens with zero attached hydrogens (tertiary/aromatic N) is 4. The van der Waals surface area contributed by atoms with Gasteiger partial charge >= 0.3 is 0 Å². The second-order valence-electron chi connectivity index (χ2n) is 13.3. The van der Waals surface area contributed by atoms with Crippen molar-refractivity contribution in [2.45, 2.75) is 19.3 Å². The third-order valence-electron chi connectivity index (χ3n) is 10.0. The fraction of sp³-hybridized carbons (Fsp3) is 0.0682. The molecule has 0 saturated heterocycles. The number of hydrogen-bond donors (Lipinski definition) is 0. The number of para-hydroxylation sites is 3. The summed E-state index contributed by atoms with van der Waals surface area (Å²) in [6.07, 6.45) is 0. The van der Waals surface area contributed by atoms with Crippen LogP contribution in [0.3, 0.4) is 0 Å². The van der Waals surface area contributed by atoms with Gasteiger partial charge in [0, 0.05) is 49.7 Å². The Morgan fingerprint density at radius 1 is 0.551 bits per heavy atom. The molecular formula is C44H30N4S. The average Bonchev–Trinajstić information content (AvgIpc) is 3.81. The van der Waals surface area contributed by atoms with Crippen molar-refractivity contribution in [2.24, 2.45) is 0 Å². The van der Waals surface area contributed by atoms with E-state index in [0.29, 0.717) is 0 Å². The zero-order valence-electron chi connectivity index (χ0n) is 27.1. The van der Waals surface area contributed by atoms with E-state index in [2.05, 4.69) is 158 Å². The number of benzene rings is 6. The minimum atomic E-state index is -0.256. The maximum Gasteiger partial charge on any atom is 0.160 e. The summed E-state index contributed by atoms with van der Waals surface area (Å²) in [5, 5.41) is 3.51. The first kappa shape index (κ1) is 28.1. The van der Waals surface area contributed by atoms with Crippen LogP contribution in [0.25, 0.3) is 82.2 Å². The van der Waals surface area contributed by atoms with Crippen LogP contribution in [0.15, 0.2) is 146 Å². The second kappa shape index (κ2) is 10.5. The monoisotopic (exact) mass is 646 g/mol. The fourth-order valence-electron chi connectivity index (χ4n) is 7.71. The Labute approximate surface area is 288 Å². The molecule has 0 bridgehead atoms. The SMILES string of the molecule is CC1(C)c2ccccc2-c2nc(-c3cccc(-c4nc5ccccc5s4)c3)nc(-c3ccc(-n4c5ccccc5c5ccccc54)cc3)c21. The molecule has 3 aromatic heterocycles. The van der Waals surface area contributed by atoms with Gasteiger partial charge in [-0.2, -0.15) is 0 Å². The van der Waals surface area contributed by atoms with Gasteiger partial charge in [0.25, 0.3) is 0 Å². The fourth-order valence-corrected chi connectivity index (χ4v) is 8.67. The maximum atomic E-state index is 5.40. The summed E-state index contributed by atoms with van der Waals surface area (Å²) >= 11 is 1.71. The molecule has 9 aromatic rings. The molecule has 49 heavy (non-hydrogen) atoms. The van der Waals surface area contributed by atoms with Gasteiger partial charge < -0.3 is 4.57 Å². The molecule has 0 atom stereocenters. The minimum absolute atomic E-state index is 0.256. The zero-order valence-corrected chi connectivity index (χ0v) is 27.9. The van der Waals surface area contributed by atoms with Crippen LogP contribution in [-0.4, -0.2) is 19.5 Å². The zero-order chi connectivity index (χ0) is 32.7. The van der Waals surface area contributed by atoms with Gasteiger partial charge in [0.1, 0.15) is 5.01 Å². The van der Waals surface area contributed by atoms with Gasteiger partial charge in [0.2, 0.25) is 0 Å². The van der Waals surface area contributed by atoms with E-state index in [1.807, 2.05) is 6.07 Å². The Balaban J connectivity index is 1.15. The standard InChI is InChI=1S/C44H30N4S/c1-44(2)34-17-6-3-16-33(34)41-39(44)40(46-42(47-41)28-12-11-13-29(26-28)43-45-35-18-7-10-21-38(35)49-43)27-22-24-30(25-23-27)48-36-19-8-4-14-31(36)32-15-5-9-20-37(32)48/h3-26H,1-2H3. The number of aromatic nitrogens is 4. The highest BCUT2D eigenvalue weighted by molar-refractivity contribution is 7.21. The Hall–Kier alpha value is -5.91. The molecule has 0 N–H and O–H groups in total. The number of hydrogen-bond acceptors (Lipinski definition) is 4. The van der Waals surface area contributed by atoms with Gasteiger partial charge in [-0.3, -0.25) is 0 Å². The van der Waals surface area contributed by atoms with Gasteiger partial charge in [-0.15, -0.1) is 11.3 Å². The van der Waals surface area contributed by atoms with Crippen molar-refractivity contribution in [3.63, 3.8) is 0 Å². The van der Waals surface area contributed by atoms with E-state index in [9.17, 15) is 0 Å². The quantitative estimate of drug-likeness (QED) is 0.191. The van der Waals surface area contributed by atoms with Crippen LogP contribution in [0.2, 0.25) is 0 Å². The van der Waals surface area contributed by atoms with E-state index in [1.54, 1.807) is 11.3 Å². The molecule has 0 saturated carbocycles. The van der Waals surface area contributed by atoms with E-state index in [-0.39, 0.29) is 5.41 Å². The molecule has 1 aliphatic rings. The molecule has 6 aromatic carbocycles. The molecule has 0 radical (unpaired) electrons. The number of rotatable bonds is 4. The second-order valence-corrected chi connectivity index (χ2v) is 14.3. The van der Waals surface area contributed by atoms with Crippen molar-refractivity contribution < 1.29 is 0 Å². The number of thiazole rings is 1. The third kappa shape index (κ3) is 4.25. The lowest BCUT2D eigenvalue weighted by atomic mass is 9.81. The Bertz CT molecular complexity index is 2660. The van der Waals surface area contributed by atoms with Crippen LogP contribution in [0, 0.1) is 0 Å². The van der Waals surface area contributed by atoms with Crippen LogP contribution in [0.4, 0.5) is 0 Å². The van der Waals surface area contributed by atoms with Crippen molar-refractivity contribution in [1.82, 2.24) is 19.5 Å². The predicted octanol–water partition coefficient (Wildman–Crippen LogP) is 11.5. The number of fused-ring (bicyclic) bond motifs is 7. The normalized spacial score (nSPS) is 13.3. The summed E-state index contributed by atoms with van der Waals surface area (Å²) < 4.78 is 3.54. The van der Waals surface area contributed by atoms with Crippen molar-refractivity contribution >= 4 is 43.4 Å². The molecule has 3 heterocycles. The molecule has 10 rings (SSSR count). The van der Waals surface area contributed by atoms with E-state index < -0.39 is 0 Å². The van der Waals surface area contributed by atoms with E-state index in [0.717, 1.165) is 50.1 Å². The first-order chi connectivity index (χ1) is 24.0. The van der Waals surface area contributed by atoms with Gasteiger partial charge in [-0.1, -0.05) is 117 Å². The maximum absolute atomic E-state index is 5.40. The third-order valence-corrected chi connectivity index (χ3v) is 11.1. The van der Waals surface area contributed by atoms with Crippen molar-refractivity contribution in [3.8, 4) is 50.2 Å². The van der Waals surface area contributed by atoms with Gasteiger partial charge in [-0.05, 0) is 48.0 Å². The molecule has 232 valence electrons. The van der Waals surface area contributed by atoms with Crippen molar-refractivity contribution in [2.75, 3.05) is 0 Å². The smallest absolute Gasteiger partial charge is 0.160 e. The molecule has 5 heteroatoms. The van der Waals surface area contributed by atoms with Gasteiger partial charge in [0.05, 0.1) is 32.6 Å². The lowest BCUT2D eigenvalue weighted by molar-refractivity contribution is 0.658. The summed E-state index contributed by atoms with van der Waals surface area (Å²) in [5.74, 6) is 0.718. The molecule has 0 amide bonds. The van der Waals surface area contributed by atoms with Crippen LogP contribution < -0.4 is 0 Å². The van der Waals surface area contributed by atoms with E-state index in [1.165, 1.54) is 43.2 Å². The molecular weight excluding hydrogens is 617 g/mol. The molecule has 1 aliphatic carbocycles. The van der Waals surface area contributed by atoms with Crippen LogP contribution in [0.5, 0.6) is 0 Å². The Morgan fingerprint density at radius 2 is 1.20 bits per heavy atom. The topological polar surface area (TPSA) is 43.6 Å². The summed E-state index contributed by atoms with van der Waals surface area (Å²) in [4.78, 5) is 15.6. The predicted molar refractivity (Wildman–Crippen MR) is 203 cm³/mol. The van der Waals surface area contributed by atoms with E-state index in [4.69, 9.17) is 15.0 Å². The van der Waals surface area contributed by atoms with Crippen molar-refractivity contribution in [3.05, 3.63) is 157 Å². The highest BCUT2D eigenvalue weighted by Crippen LogP contribution is 2.51.